The normalized spacial score (nSPS) is 11.5. The summed E-state index contributed by atoms with van der Waals surface area (Å²) in [5, 5.41) is 11.3. The van der Waals surface area contributed by atoms with Gasteiger partial charge in [-0.05, 0) is 46.8 Å². The van der Waals surface area contributed by atoms with Crippen LogP contribution in [0.15, 0.2) is 74.4 Å². The predicted molar refractivity (Wildman–Crippen MR) is 122 cm³/mol. The molecule has 0 amide bonds. The number of nitrogens with zero attached hydrogens (tertiary/aromatic N) is 4. The summed E-state index contributed by atoms with van der Waals surface area (Å²) < 4.78 is 18.5. The van der Waals surface area contributed by atoms with Crippen LogP contribution in [0.1, 0.15) is 11.1 Å². The molecule has 0 aliphatic rings. The Hall–Kier alpha value is -2.49. The van der Waals surface area contributed by atoms with Gasteiger partial charge in [0.2, 0.25) is 5.78 Å². The van der Waals surface area contributed by atoms with Crippen molar-refractivity contribution >= 4 is 55.0 Å². The van der Waals surface area contributed by atoms with Gasteiger partial charge in [0, 0.05) is 10.2 Å². The summed E-state index contributed by atoms with van der Waals surface area (Å²) in [6, 6.07) is 16.2. The number of thiophene rings is 1. The molecule has 0 saturated carbocycles. The van der Waals surface area contributed by atoms with E-state index < -0.39 is 0 Å². The van der Waals surface area contributed by atoms with Crippen LogP contribution in [0.3, 0.4) is 0 Å². The molecule has 3 aromatic heterocycles. The quantitative estimate of drug-likeness (QED) is 0.305. The van der Waals surface area contributed by atoms with Gasteiger partial charge in [-0.3, -0.25) is 13.8 Å². The number of hydrogen-bond donors (Lipinski definition) is 0. The molecule has 0 aliphatic carbocycles. The summed E-state index contributed by atoms with van der Waals surface area (Å²) in [6.07, 6.45) is 0. The lowest BCUT2D eigenvalue weighted by Gasteiger charge is -2.09. The molecule has 0 aliphatic heterocycles. The van der Waals surface area contributed by atoms with E-state index in [4.69, 9.17) is 0 Å². The first-order valence-electron chi connectivity index (χ1n) is 9.07. The number of halogens is 2. The van der Waals surface area contributed by atoms with Crippen molar-refractivity contribution in [2.45, 2.75) is 17.5 Å². The summed E-state index contributed by atoms with van der Waals surface area (Å²) in [5.41, 5.74) is 2.68. The summed E-state index contributed by atoms with van der Waals surface area (Å²) in [6.45, 7) is 0.298. The molecule has 0 fully saturated rings. The van der Waals surface area contributed by atoms with E-state index in [-0.39, 0.29) is 11.4 Å². The Bertz CT molecular complexity index is 1410. The van der Waals surface area contributed by atoms with E-state index in [0.29, 0.717) is 17.0 Å². The standard InChI is InChI=1S/C21H14BrFN4OS2/c22-15-5-1-14(2-6-15)12-30-21-25-24-20-26(11-13-3-7-16(23)8-4-13)19(28)18-17(27(20)21)9-10-29-18/h1-10H,11-12H2. The highest BCUT2D eigenvalue weighted by atomic mass is 79.9. The van der Waals surface area contributed by atoms with Crippen LogP contribution in [-0.4, -0.2) is 19.2 Å². The summed E-state index contributed by atoms with van der Waals surface area (Å²) in [4.78, 5) is 13.1. The monoisotopic (exact) mass is 500 g/mol. The van der Waals surface area contributed by atoms with Gasteiger partial charge in [-0.2, -0.15) is 0 Å². The van der Waals surface area contributed by atoms with Gasteiger partial charge in [0.25, 0.3) is 5.56 Å². The third-order valence-electron chi connectivity index (χ3n) is 4.72. The largest absolute Gasteiger partial charge is 0.273 e. The van der Waals surface area contributed by atoms with Crippen LogP contribution in [0, 0.1) is 5.82 Å². The molecule has 0 atom stereocenters. The lowest BCUT2D eigenvalue weighted by Crippen LogP contribution is -2.23. The van der Waals surface area contributed by atoms with Crippen molar-refractivity contribution in [1.29, 1.82) is 0 Å². The minimum Gasteiger partial charge on any atom is -0.271 e. The fraction of sp³-hybridized carbons (Fsp3) is 0.0952. The number of rotatable bonds is 5. The smallest absolute Gasteiger partial charge is 0.271 e. The Kier molecular flexibility index (Phi) is 5.18. The Labute approximate surface area is 187 Å². The minimum absolute atomic E-state index is 0.117. The molecule has 150 valence electrons. The average molecular weight is 501 g/mol. The maximum Gasteiger partial charge on any atom is 0.273 e. The molecule has 0 unspecified atom stereocenters. The van der Waals surface area contributed by atoms with Crippen LogP contribution >= 0.6 is 39.0 Å². The Morgan fingerprint density at radius 3 is 2.50 bits per heavy atom. The van der Waals surface area contributed by atoms with Gasteiger partial charge in [-0.1, -0.05) is 52.0 Å². The Morgan fingerprint density at radius 2 is 1.73 bits per heavy atom. The topological polar surface area (TPSA) is 52.2 Å². The first-order valence-corrected chi connectivity index (χ1v) is 11.7. The van der Waals surface area contributed by atoms with Crippen molar-refractivity contribution in [1.82, 2.24) is 19.2 Å². The second kappa shape index (κ2) is 7.98. The average Bonchev–Trinajstić information content (AvgIpc) is 3.39. The summed E-state index contributed by atoms with van der Waals surface area (Å²) >= 11 is 6.42. The zero-order chi connectivity index (χ0) is 20.7. The highest BCUT2D eigenvalue weighted by Gasteiger charge is 2.18. The fourth-order valence-corrected chi connectivity index (χ4v) is 5.22. The highest BCUT2D eigenvalue weighted by Crippen LogP contribution is 2.27. The van der Waals surface area contributed by atoms with Gasteiger partial charge in [0.1, 0.15) is 10.5 Å². The van der Waals surface area contributed by atoms with E-state index in [9.17, 15) is 9.18 Å². The highest BCUT2D eigenvalue weighted by molar-refractivity contribution is 9.10. The molecule has 3 heterocycles. The van der Waals surface area contributed by atoms with Crippen LogP contribution in [-0.2, 0) is 12.3 Å². The van der Waals surface area contributed by atoms with E-state index in [1.165, 1.54) is 29.0 Å². The van der Waals surface area contributed by atoms with Gasteiger partial charge in [0.15, 0.2) is 5.16 Å². The van der Waals surface area contributed by atoms with E-state index in [1.54, 1.807) is 28.5 Å². The number of thioether (sulfide) groups is 1. The van der Waals surface area contributed by atoms with Crippen molar-refractivity contribution in [2.75, 3.05) is 0 Å². The van der Waals surface area contributed by atoms with Crippen LogP contribution in [0.5, 0.6) is 0 Å². The van der Waals surface area contributed by atoms with Crippen molar-refractivity contribution in [3.63, 3.8) is 0 Å². The molecule has 0 saturated heterocycles. The Morgan fingerprint density at radius 1 is 1.00 bits per heavy atom. The van der Waals surface area contributed by atoms with Gasteiger partial charge in [-0.25, -0.2) is 4.39 Å². The maximum absolute atomic E-state index is 13.3. The molecule has 2 aromatic carbocycles. The van der Waals surface area contributed by atoms with Crippen LogP contribution in [0.2, 0.25) is 0 Å². The second-order valence-electron chi connectivity index (χ2n) is 6.69. The molecule has 5 nitrogen and oxygen atoms in total. The molecule has 9 heteroatoms. The zero-order valence-electron chi connectivity index (χ0n) is 15.5. The van der Waals surface area contributed by atoms with Crippen molar-refractivity contribution in [2.24, 2.45) is 0 Å². The number of fused-ring (bicyclic) bond motifs is 3. The molecule has 0 N–H and O–H groups in total. The van der Waals surface area contributed by atoms with Gasteiger partial charge >= 0.3 is 0 Å². The minimum atomic E-state index is -0.306. The van der Waals surface area contributed by atoms with E-state index in [1.807, 2.05) is 28.0 Å². The van der Waals surface area contributed by atoms with Gasteiger partial charge < -0.3 is 0 Å². The molecule has 0 bridgehead atoms. The van der Waals surface area contributed by atoms with E-state index >= 15 is 0 Å². The van der Waals surface area contributed by atoms with Crippen molar-refractivity contribution in [3.05, 3.63) is 91.7 Å². The number of benzene rings is 2. The van der Waals surface area contributed by atoms with E-state index in [2.05, 4.69) is 38.3 Å². The first kappa shape index (κ1) is 19.5. The third-order valence-corrected chi connectivity index (χ3v) is 7.14. The van der Waals surface area contributed by atoms with Gasteiger partial charge in [-0.15, -0.1) is 21.5 Å². The predicted octanol–water partition coefficient (Wildman–Crippen LogP) is 5.35. The summed E-state index contributed by atoms with van der Waals surface area (Å²) in [5.74, 6) is 0.907. The fourth-order valence-electron chi connectivity index (χ4n) is 3.24. The van der Waals surface area contributed by atoms with Crippen LogP contribution < -0.4 is 5.56 Å². The number of hydrogen-bond acceptors (Lipinski definition) is 5. The molecule has 5 rings (SSSR count). The molecule has 30 heavy (non-hydrogen) atoms. The van der Waals surface area contributed by atoms with Crippen LogP contribution in [0.25, 0.3) is 16.0 Å². The van der Waals surface area contributed by atoms with Crippen molar-refractivity contribution < 1.29 is 4.39 Å². The second-order valence-corrected chi connectivity index (χ2v) is 9.46. The first-order chi connectivity index (χ1) is 14.6. The maximum atomic E-state index is 13.3. The molecule has 5 aromatic rings. The molecular formula is C21H14BrFN4OS2. The number of aromatic nitrogens is 4. The SMILES string of the molecule is O=c1c2sccc2n2c(SCc3ccc(Br)cc3)nnc2n1Cc1ccc(F)cc1. The van der Waals surface area contributed by atoms with Crippen LogP contribution in [0.4, 0.5) is 4.39 Å². The van der Waals surface area contributed by atoms with E-state index in [0.717, 1.165) is 26.5 Å². The Balaban J connectivity index is 1.58. The third kappa shape index (κ3) is 3.57. The molecule has 0 radical (unpaired) electrons. The lowest BCUT2D eigenvalue weighted by molar-refractivity contribution is 0.626. The zero-order valence-corrected chi connectivity index (χ0v) is 18.7. The lowest BCUT2D eigenvalue weighted by atomic mass is 10.2. The molecule has 0 spiro atoms. The summed E-state index contributed by atoms with van der Waals surface area (Å²) in [7, 11) is 0. The van der Waals surface area contributed by atoms with Crippen molar-refractivity contribution in [3.8, 4) is 0 Å². The molecular weight excluding hydrogens is 487 g/mol. The van der Waals surface area contributed by atoms with Gasteiger partial charge in [0.05, 0.1) is 12.1 Å².